The molecule has 0 spiro atoms. The Labute approximate surface area is 109 Å². The van der Waals surface area contributed by atoms with Crippen LogP contribution in [0.5, 0.6) is 5.75 Å². The van der Waals surface area contributed by atoms with Crippen molar-refractivity contribution >= 4 is 5.57 Å². The van der Waals surface area contributed by atoms with E-state index in [1.165, 1.54) is 11.1 Å². The van der Waals surface area contributed by atoms with Crippen LogP contribution in [0.4, 0.5) is 0 Å². The molecule has 0 aromatic heterocycles. The van der Waals surface area contributed by atoms with Crippen LogP contribution in [0, 0.1) is 0 Å². The molecule has 1 aromatic carbocycles. The smallest absolute Gasteiger partial charge is 0.119 e. The van der Waals surface area contributed by atoms with Gasteiger partial charge in [0, 0.05) is 26.7 Å². The van der Waals surface area contributed by atoms with Gasteiger partial charge in [-0.15, -0.1) is 0 Å². The minimum Gasteiger partial charge on any atom is -0.497 e. The van der Waals surface area contributed by atoms with Gasteiger partial charge in [-0.1, -0.05) is 18.2 Å². The van der Waals surface area contributed by atoms with E-state index in [0.29, 0.717) is 0 Å². The van der Waals surface area contributed by atoms with Crippen molar-refractivity contribution in [2.45, 2.75) is 6.42 Å². The Hall–Kier alpha value is -1.32. The molecule has 2 rings (SSSR count). The quantitative estimate of drug-likeness (QED) is 0.797. The van der Waals surface area contributed by atoms with E-state index in [1.54, 1.807) is 14.2 Å². The average Bonchev–Trinajstić information content (AvgIpc) is 2.46. The van der Waals surface area contributed by atoms with Crippen molar-refractivity contribution in [2.75, 3.05) is 40.5 Å². The summed E-state index contributed by atoms with van der Waals surface area (Å²) in [6, 6.07) is 8.29. The summed E-state index contributed by atoms with van der Waals surface area (Å²) in [5, 5.41) is 0. The Kier molecular flexibility index (Phi) is 4.79. The zero-order chi connectivity index (χ0) is 12.8. The molecule has 0 amide bonds. The van der Waals surface area contributed by atoms with Gasteiger partial charge >= 0.3 is 0 Å². The molecule has 0 unspecified atom stereocenters. The number of benzene rings is 1. The summed E-state index contributed by atoms with van der Waals surface area (Å²) in [7, 11) is 3.46. The second-order valence-corrected chi connectivity index (χ2v) is 4.50. The molecule has 0 fully saturated rings. The van der Waals surface area contributed by atoms with Crippen molar-refractivity contribution in [1.29, 1.82) is 0 Å². The van der Waals surface area contributed by atoms with E-state index in [-0.39, 0.29) is 0 Å². The van der Waals surface area contributed by atoms with Gasteiger partial charge in [0.15, 0.2) is 0 Å². The van der Waals surface area contributed by atoms with Crippen LogP contribution in [-0.4, -0.2) is 45.4 Å². The molecule has 3 nitrogen and oxygen atoms in total. The van der Waals surface area contributed by atoms with E-state index in [1.807, 2.05) is 12.1 Å². The van der Waals surface area contributed by atoms with Crippen LogP contribution in [0.2, 0.25) is 0 Å². The van der Waals surface area contributed by atoms with E-state index < -0.39 is 0 Å². The first-order chi connectivity index (χ1) is 8.83. The molecule has 18 heavy (non-hydrogen) atoms. The first kappa shape index (κ1) is 13.1. The molecule has 0 N–H and O–H groups in total. The van der Waals surface area contributed by atoms with E-state index in [0.717, 1.165) is 38.4 Å². The van der Waals surface area contributed by atoms with Crippen LogP contribution in [0.1, 0.15) is 12.0 Å². The van der Waals surface area contributed by atoms with E-state index >= 15 is 0 Å². The van der Waals surface area contributed by atoms with Gasteiger partial charge in [-0.3, -0.25) is 4.90 Å². The van der Waals surface area contributed by atoms with Crippen LogP contribution in [0.25, 0.3) is 5.57 Å². The van der Waals surface area contributed by atoms with E-state index in [2.05, 4.69) is 23.1 Å². The molecular weight excluding hydrogens is 226 g/mol. The number of ether oxygens (including phenoxy) is 2. The van der Waals surface area contributed by atoms with Gasteiger partial charge in [-0.05, 0) is 29.7 Å². The van der Waals surface area contributed by atoms with Gasteiger partial charge < -0.3 is 9.47 Å². The minimum atomic E-state index is 0.808. The number of methoxy groups -OCH3 is 2. The Bertz CT molecular complexity index is 415. The zero-order valence-electron chi connectivity index (χ0n) is 11.2. The maximum Gasteiger partial charge on any atom is 0.119 e. The lowest BCUT2D eigenvalue weighted by molar-refractivity contribution is 0.154. The van der Waals surface area contributed by atoms with Crippen LogP contribution in [0.3, 0.4) is 0 Å². The van der Waals surface area contributed by atoms with Crippen molar-refractivity contribution in [3.63, 3.8) is 0 Å². The number of hydrogen-bond donors (Lipinski definition) is 0. The summed E-state index contributed by atoms with van der Waals surface area (Å²) >= 11 is 0. The lowest BCUT2D eigenvalue weighted by Crippen LogP contribution is -2.31. The molecule has 0 aliphatic carbocycles. The van der Waals surface area contributed by atoms with Gasteiger partial charge in [0.05, 0.1) is 13.7 Å². The highest BCUT2D eigenvalue weighted by molar-refractivity contribution is 5.67. The molecule has 1 heterocycles. The highest BCUT2D eigenvalue weighted by Gasteiger charge is 2.12. The predicted molar refractivity (Wildman–Crippen MR) is 73.9 cm³/mol. The van der Waals surface area contributed by atoms with Crippen molar-refractivity contribution in [1.82, 2.24) is 4.90 Å². The second-order valence-electron chi connectivity index (χ2n) is 4.50. The van der Waals surface area contributed by atoms with Crippen LogP contribution >= 0.6 is 0 Å². The Morgan fingerprint density at radius 1 is 1.28 bits per heavy atom. The summed E-state index contributed by atoms with van der Waals surface area (Å²) in [6.45, 7) is 3.93. The molecule has 0 radical (unpaired) electrons. The third kappa shape index (κ3) is 3.34. The van der Waals surface area contributed by atoms with E-state index in [4.69, 9.17) is 9.47 Å². The Morgan fingerprint density at radius 2 is 2.17 bits per heavy atom. The monoisotopic (exact) mass is 247 g/mol. The van der Waals surface area contributed by atoms with Gasteiger partial charge in [-0.25, -0.2) is 0 Å². The third-order valence-electron chi connectivity index (χ3n) is 3.35. The fourth-order valence-electron chi connectivity index (χ4n) is 2.22. The SMILES string of the molecule is COCCN1CC=C(c2cccc(OC)c2)CC1. The maximum absolute atomic E-state index is 5.27. The molecular formula is C15H21NO2. The average molecular weight is 247 g/mol. The fourth-order valence-corrected chi connectivity index (χ4v) is 2.22. The highest BCUT2D eigenvalue weighted by atomic mass is 16.5. The lowest BCUT2D eigenvalue weighted by Gasteiger charge is -2.26. The molecule has 98 valence electrons. The summed E-state index contributed by atoms with van der Waals surface area (Å²) < 4.78 is 10.4. The molecule has 0 saturated heterocycles. The van der Waals surface area contributed by atoms with Crippen molar-refractivity contribution in [2.24, 2.45) is 0 Å². The van der Waals surface area contributed by atoms with Crippen LogP contribution in [-0.2, 0) is 4.74 Å². The van der Waals surface area contributed by atoms with Crippen LogP contribution in [0.15, 0.2) is 30.3 Å². The van der Waals surface area contributed by atoms with Gasteiger partial charge in [0.25, 0.3) is 0 Å². The standard InChI is InChI=1S/C15H21NO2/c1-17-11-10-16-8-6-13(7-9-16)14-4-3-5-15(12-14)18-2/h3-6,12H,7-11H2,1-2H3. The van der Waals surface area contributed by atoms with Gasteiger partial charge in [-0.2, -0.15) is 0 Å². The lowest BCUT2D eigenvalue weighted by atomic mass is 9.99. The van der Waals surface area contributed by atoms with Crippen molar-refractivity contribution in [3.05, 3.63) is 35.9 Å². The topological polar surface area (TPSA) is 21.7 Å². The summed E-state index contributed by atoms with van der Waals surface area (Å²) in [4.78, 5) is 2.41. The summed E-state index contributed by atoms with van der Waals surface area (Å²) in [5.74, 6) is 0.926. The Balaban J connectivity index is 2.00. The van der Waals surface area contributed by atoms with Crippen molar-refractivity contribution in [3.8, 4) is 5.75 Å². The van der Waals surface area contributed by atoms with E-state index in [9.17, 15) is 0 Å². The molecule has 3 heteroatoms. The predicted octanol–water partition coefficient (Wildman–Crippen LogP) is 2.43. The Morgan fingerprint density at radius 3 is 2.83 bits per heavy atom. The van der Waals surface area contributed by atoms with Gasteiger partial charge in [0.2, 0.25) is 0 Å². The van der Waals surface area contributed by atoms with Crippen molar-refractivity contribution < 1.29 is 9.47 Å². The minimum absolute atomic E-state index is 0.808. The molecule has 0 bridgehead atoms. The van der Waals surface area contributed by atoms with Crippen LogP contribution < -0.4 is 4.74 Å². The highest BCUT2D eigenvalue weighted by Crippen LogP contribution is 2.25. The van der Waals surface area contributed by atoms with Gasteiger partial charge in [0.1, 0.15) is 5.75 Å². The first-order valence-electron chi connectivity index (χ1n) is 6.38. The molecule has 1 aromatic rings. The summed E-state index contributed by atoms with van der Waals surface area (Å²) in [5.41, 5.74) is 2.70. The normalized spacial score (nSPS) is 16.4. The largest absolute Gasteiger partial charge is 0.497 e. The molecule has 1 aliphatic rings. The maximum atomic E-state index is 5.27. The third-order valence-corrected chi connectivity index (χ3v) is 3.35. The number of hydrogen-bond acceptors (Lipinski definition) is 3. The fraction of sp³-hybridized carbons (Fsp3) is 0.467. The second kappa shape index (κ2) is 6.57. The zero-order valence-corrected chi connectivity index (χ0v) is 11.2. The molecule has 1 aliphatic heterocycles. The number of rotatable bonds is 5. The first-order valence-corrected chi connectivity index (χ1v) is 6.38. The number of nitrogens with zero attached hydrogens (tertiary/aromatic N) is 1. The summed E-state index contributed by atoms with van der Waals surface area (Å²) in [6.07, 6.45) is 3.41. The molecule has 0 saturated carbocycles. The molecule has 0 atom stereocenters.